The number of ether oxygens (including phenoxy) is 1. The third-order valence-electron chi connectivity index (χ3n) is 1.97. The zero-order valence-corrected chi connectivity index (χ0v) is 9.85. The number of carbonyl (C=O) groups is 1. The fourth-order valence-corrected chi connectivity index (χ4v) is 1.12. The van der Waals surface area contributed by atoms with Gasteiger partial charge < -0.3 is 9.84 Å². The molecule has 1 aromatic carbocycles. The number of hydrogen-bond acceptors (Lipinski definition) is 4. The van der Waals surface area contributed by atoms with Crippen LogP contribution in [0.4, 0.5) is 5.69 Å². The smallest absolute Gasteiger partial charge is 0.344 e. The molecule has 0 heterocycles. The molecule has 17 heavy (non-hydrogen) atoms. The summed E-state index contributed by atoms with van der Waals surface area (Å²) in [5.74, 6) is -0.749. The maximum Gasteiger partial charge on any atom is 0.344 e. The van der Waals surface area contributed by atoms with E-state index in [1.807, 2.05) is 0 Å². The number of rotatable bonds is 5. The summed E-state index contributed by atoms with van der Waals surface area (Å²) in [6.07, 6.45) is -0.603. The average molecular weight is 262 g/mol. The number of carboxylic acids is 1. The highest BCUT2D eigenvalue weighted by molar-refractivity contribution is 5.85. The van der Waals surface area contributed by atoms with Gasteiger partial charge in [-0.05, 0) is 18.6 Å². The Bertz CT molecular complexity index is 392. The summed E-state index contributed by atoms with van der Waals surface area (Å²) in [6, 6.07) is 5.29. The molecule has 1 rings (SSSR count). The van der Waals surface area contributed by atoms with Gasteiger partial charge in [-0.3, -0.25) is 10.1 Å². The Balaban J connectivity index is 0.00000256. The predicted molar refractivity (Wildman–Crippen MR) is 62.7 cm³/mol. The van der Waals surface area contributed by atoms with E-state index >= 15 is 0 Å². The second-order valence-electron chi connectivity index (χ2n) is 3.10. The maximum atomic E-state index is 10.7. The largest absolute Gasteiger partial charge is 0.479 e. The fraction of sp³-hybridized carbons (Fsp3) is 0.300. The first-order chi connectivity index (χ1) is 7.54. The summed E-state index contributed by atoms with van der Waals surface area (Å²) in [5.41, 5.74) is -0.0595. The van der Waals surface area contributed by atoms with Crippen LogP contribution in [0, 0.1) is 10.1 Å². The number of nitro groups is 1. The minimum absolute atomic E-state index is 0. The van der Waals surface area contributed by atoms with Gasteiger partial charge in [0.25, 0.3) is 5.69 Å². The van der Waals surface area contributed by atoms with Gasteiger partial charge in [-0.2, -0.15) is 0 Å². The van der Waals surface area contributed by atoms with Crippen LogP contribution >= 0.6 is 12.4 Å². The molecule has 0 aliphatic heterocycles. The second-order valence-corrected chi connectivity index (χ2v) is 3.10. The average Bonchev–Trinajstić information content (AvgIpc) is 2.26. The van der Waals surface area contributed by atoms with Gasteiger partial charge in [-0.25, -0.2) is 4.79 Å². The van der Waals surface area contributed by atoms with Crippen LogP contribution in [0.5, 0.6) is 5.75 Å². The lowest BCUT2D eigenvalue weighted by atomic mass is 10.2. The van der Waals surface area contributed by atoms with Crippen LogP contribution in [0.3, 0.4) is 0 Å². The van der Waals surface area contributed by atoms with Gasteiger partial charge in [-0.1, -0.05) is 6.92 Å². The molecular formula is C10H12ClNO5. The number of non-ortho nitro benzene ring substituents is 1. The molecule has 0 fully saturated rings. The zero-order chi connectivity index (χ0) is 12.1. The highest BCUT2D eigenvalue weighted by atomic mass is 35.5. The SMILES string of the molecule is CCC(Oc1ccc([N+](=O)[O-])cc1)C(=O)O.Cl. The van der Waals surface area contributed by atoms with Crippen molar-refractivity contribution in [1.82, 2.24) is 0 Å². The molecule has 94 valence electrons. The first-order valence-electron chi connectivity index (χ1n) is 4.68. The van der Waals surface area contributed by atoms with Crippen molar-refractivity contribution >= 4 is 24.1 Å². The van der Waals surface area contributed by atoms with Crippen molar-refractivity contribution in [2.45, 2.75) is 19.4 Å². The van der Waals surface area contributed by atoms with Crippen molar-refractivity contribution in [3.63, 3.8) is 0 Å². The maximum absolute atomic E-state index is 10.7. The highest BCUT2D eigenvalue weighted by Crippen LogP contribution is 2.19. The van der Waals surface area contributed by atoms with Crippen molar-refractivity contribution in [3.8, 4) is 5.75 Å². The Morgan fingerprint density at radius 2 is 2.00 bits per heavy atom. The van der Waals surface area contributed by atoms with Gasteiger partial charge in [0.15, 0.2) is 6.10 Å². The molecule has 7 heteroatoms. The number of halogens is 1. The molecule has 0 aromatic heterocycles. The number of benzene rings is 1. The summed E-state index contributed by atoms with van der Waals surface area (Å²) in [7, 11) is 0. The lowest BCUT2D eigenvalue weighted by Gasteiger charge is -2.12. The van der Waals surface area contributed by atoms with Crippen molar-refractivity contribution in [2.24, 2.45) is 0 Å². The molecule has 1 aromatic rings. The Hall–Kier alpha value is -1.82. The zero-order valence-electron chi connectivity index (χ0n) is 9.03. The Kier molecular flexibility index (Phi) is 5.98. The van der Waals surface area contributed by atoms with Crippen molar-refractivity contribution in [3.05, 3.63) is 34.4 Å². The van der Waals surface area contributed by atoms with Gasteiger partial charge in [-0.15, -0.1) is 12.4 Å². The van der Waals surface area contributed by atoms with E-state index in [1.54, 1.807) is 6.92 Å². The number of nitro benzene ring substituents is 1. The van der Waals surface area contributed by atoms with Crippen LogP contribution in [-0.2, 0) is 4.79 Å². The molecule has 1 atom stereocenters. The first-order valence-corrected chi connectivity index (χ1v) is 4.68. The van der Waals surface area contributed by atoms with E-state index in [0.29, 0.717) is 12.2 Å². The number of hydrogen-bond donors (Lipinski definition) is 1. The fourth-order valence-electron chi connectivity index (χ4n) is 1.12. The quantitative estimate of drug-likeness (QED) is 0.648. The Labute approximate surface area is 104 Å². The number of nitrogens with zero attached hydrogens (tertiary/aromatic N) is 1. The van der Waals surface area contributed by atoms with Gasteiger partial charge in [0.05, 0.1) is 4.92 Å². The highest BCUT2D eigenvalue weighted by Gasteiger charge is 2.16. The van der Waals surface area contributed by atoms with Gasteiger partial charge >= 0.3 is 5.97 Å². The van der Waals surface area contributed by atoms with E-state index in [-0.39, 0.29) is 18.1 Å². The first kappa shape index (κ1) is 15.2. The van der Waals surface area contributed by atoms with Crippen LogP contribution < -0.4 is 4.74 Å². The Morgan fingerprint density at radius 1 is 1.47 bits per heavy atom. The summed E-state index contributed by atoms with van der Waals surface area (Å²) in [4.78, 5) is 20.5. The van der Waals surface area contributed by atoms with Crippen LogP contribution in [0.2, 0.25) is 0 Å². The number of aliphatic carboxylic acids is 1. The van der Waals surface area contributed by atoms with E-state index in [4.69, 9.17) is 9.84 Å². The van der Waals surface area contributed by atoms with Gasteiger partial charge in [0, 0.05) is 12.1 Å². The number of carboxylic acid groups (broad SMARTS) is 1. The molecule has 0 amide bonds. The molecule has 0 bridgehead atoms. The van der Waals surface area contributed by atoms with Crippen molar-refractivity contribution < 1.29 is 19.6 Å². The van der Waals surface area contributed by atoms with Crippen molar-refractivity contribution in [2.75, 3.05) is 0 Å². The monoisotopic (exact) mass is 261 g/mol. The third-order valence-corrected chi connectivity index (χ3v) is 1.97. The predicted octanol–water partition coefficient (Wildman–Crippen LogP) is 2.26. The van der Waals surface area contributed by atoms with Crippen molar-refractivity contribution in [1.29, 1.82) is 0 Å². The molecule has 0 saturated heterocycles. The molecule has 1 unspecified atom stereocenters. The van der Waals surface area contributed by atoms with E-state index in [1.165, 1.54) is 24.3 Å². The summed E-state index contributed by atoms with van der Waals surface area (Å²) < 4.78 is 5.14. The summed E-state index contributed by atoms with van der Waals surface area (Å²) >= 11 is 0. The third kappa shape index (κ3) is 4.28. The lowest BCUT2D eigenvalue weighted by Crippen LogP contribution is -2.25. The minimum Gasteiger partial charge on any atom is -0.479 e. The second kappa shape index (κ2) is 6.70. The van der Waals surface area contributed by atoms with Crippen LogP contribution in [-0.4, -0.2) is 22.1 Å². The van der Waals surface area contributed by atoms with Gasteiger partial charge in [0.1, 0.15) is 5.75 Å². The Morgan fingerprint density at radius 3 is 2.35 bits per heavy atom. The molecule has 0 aliphatic carbocycles. The molecular weight excluding hydrogens is 250 g/mol. The van der Waals surface area contributed by atoms with E-state index in [0.717, 1.165) is 0 Å². The van der Waals surface area contributed by atoms with E-state index < -0.39 is 17.0 Å². The lowest BCUT2D eigenvalue weighted by molar-refractivity contribution is -0.384. The topological polar surface area (TPSA) is 89.7 Å². The standard InChI is InChI=1S/C10H11NO5.ClH/c1-2-9(10(12)13)16-8-5-3-7(4-6-8)11(14)15;/h3-6,9H,2H2,1H3,(H,12,13);1H. The van der Waals surface area contributed by atoms with E-state index in [9.17, 15) is 14.9 Å². The molecule has 0 radical (unpaired) electrons. The van der Waals surface area contributed by atoms with Crippen LogP contribution in [0.25, 0.3) is 0 Å². The van der Waals surface area contributed by atoms with E-state index in [2.05, 4.69) is 0 Å². The normalized spacial score (nSPS) is 11.1. The minimum atomic E-state index is -1.05. The summed E-state index contributed by atoms with van der Waals surface area (Å²) in [6.45, 7) is 1.68. The van der Waals surface area contributed by atoms with Crippen LogP contribution in [0.1, 0.15) is 13.3 Å². The molecule has 6 nitrogen and oxygen atoms in total. The van der Waals surface area contributed by atoms with Gasteiger partial charge in [0.2, 0.25) is 0 Å². The molecule has 0 saturated carbocycles. The molecule has 0 aliphatic rings. The summed E-state index contributed by atoms with van der Waals surface area (Å²) in [5, 5.41) is 19.1. The molecule has 1 N–H and O–H groups in total. The van der Waals surface area contributed by atoms with Crippen LogP contribution in [0.15, 0.2) is 24.3 Å². The molecule has 0 spiro atoms.